The van der Waals surface area contributed by atoms with E-state index in [1.54, 1.807) is 0 Å². The SMILES string of the molecule is CCOC(=O)c1[nH]c2cc3c(nc2c1CC)CCC(C(C)(C)CCC(C)C)C3. The van der Waals surface area contributed by atoms with Crippen molar-refractivity contribution in [3.05, 3.63) is 28.6 Å². The average Bonchev–Trinajstić information content (AvgIpc) is 3.01. The van der Waals surface area contributed by atoms with Gasteiger partial charge in [-0.3, -0.25) is 4.98 Å². The zero-order valence-electron chi connectivity index (χ0n) is 18.4. The van der Waals surface area contributed by atoms with Gasteiger partial charge >= 0.3 is 5.97 Å². The minimum absolute atomic E-state index is 0.275. The minimum Gasteiger partial charge on any atom is -0.461 e. The van der Waals surface area contributed by atoms with Gasteiger partial charge in [0, 0.05) is 11.3 Å². The molecule has 0 radical (unpaired) electrons. The number of hydrogen-bond acceptors (Lipinski definition) is 3. The normalized spacial score (nSPS) is 17.2. The summed E-state index contributed by atoms with van der Waals surface area (Å²) in [6.07, 6.45) is 6.64. The monoisotopic (exact) mass is 384 g/mol. The Kier molecular flexibility index (Phi) is 6.16. The molecule has 0 amide bonds. The lowest BCUT2D eigenvalue weighted by Crippen LogP contribution is -2.30. The van der Waals surface area contributed by atoms with Crippen LogP contribution in [0.1, 0.15) is 88.1 Å². The fourth-order valence-electron chi connectivity index (χ4n) is 4.57. The third kappa shape index (κ3) is 4.11. The van der Waals surface area contributed by atoms with Crippen molar-refractivity contribution in [2.24, 2.45) is 17.3 Å². The number of carbonyl (C=O) groups is 1. The number of rotatable bonds is 7. The third-order valence-electron chi connectivity index (χ3n) is 6.54. The quantitative estimate of drug-likeness (QED) is 0.607. The molecule has 0 fully saturated rings. The summed E-state index contributed by atoms with van der Waals surface area (Å²) in [5.41, 5.74) is 6.38. The molecule has 1 aliphatic carbocycles. The summed E-state index contributed by atoms with van der Waals surface area (Å²) >= 11 is 0. The molecular weight excluding hydrogens is 348 g/mol. The van der Waals surface area contributed by atoms with Crippen LogP contribution in [0, 0.1) is 17.3 Å². The van der Waals surface area contributed by atoms with Gasteiger partial charge in [0.05, 0.1) is 17.6 Å². The molecule has 4 nitrogen and oxygen atoms in total. The van der Waals surface area contributed by atoms with E-state index in [0.717, 1.165) is 41.8 Å². The summed E-state index contributed by atoms with van der Waals surface area (Å²) < 4.78 is 5.24. The largest absolute Gasteiger partial charge is 0.461 e. The van der Waals surface area contributed by atoms with E-state index in [1.807, 2.05) is 6.92 Å². The summed E-state index contributed by atoms with van der Waals surface area (Å²) in [6.45, 7) is 13.8. The molecule has 1 atom stereocenters. The van der Waals surface area contributed by atoms with Gasteiger partial charge in [0.1, 0.15) is 5.69 Å². The number of hydrogen-bond donors (Lipinski definition) is 1. The summed E-state index contributed by atoms with van der Waals surface area (Å²) in [7, 11) is 0. The molecule has 0 saturated carbocycles. The lowest BCUT2D eigenvalue weighted by Gasteiger charge is -2.38. The number of aromatic amines is 1. The van der Waals surface area contributed by atoms with Gasteiger partial charge in [-0.15, -0.1) is 0 Å². The Morgan fingerprint density at radius 1 is 1.36 bits per heavy atom. The van der Waals surface area contributed by atoms with Crippen LogP contribution in [-0.4, -0.2) is 22.5 Å². The molecule has 3 rings (SSSR count). The first-order chi connectivity index (χ1) is 13.3. The Hall–Kier alpha value is -1.84. The number of esters is 1. The number of aromatic nitrogens is 2. The standard InChI is InChI=1S/C24H36N2O2/c1-7-18-21-20(26-22(18)23(27)28-8-2)14-16-13-17(9-10-19(16)25-21)24(5,6)12-11-15(3)4/h14-15,17,26H,7-13H2,1-6H3. The molecule has 0 bridgehead atoms. The molecule has 0 saturated heterocycles. The van der Waals surface area contributed by atoms with Crippen molar-refractivity contribution in [2.45, 2.75) is 80.1 Å². The second kappa shape index (κ2) is 8.26. The van der Waals surface area contributed by atoms with Crippen molar-refractivity contribution >= 4 is 17.0 Å². The van der Waals surface area contributed by atoms with E-state index in [2.05, 4.69) is 45.7 Å². The van der Waals surface area contributed by atoms with Crippen LogP contribution in [-0.2, 0) is 24.0 Å². The molecule has 2 heterocycles. The Labute approximate surface area is 169 Å². The average molecular weight is 385 g/mol. The molecule has 28 heavy (non-hydrogen) atoms. The first kappa shape index (κ1) is 20.9. The van der Waals surface area contributed by atoms with Crippen molar-refractivity contribution in [2.75, 3.05) is 6.61 Å². The smallest absolute Gasteiger partial charge is 0.355 e. The summed E-state index contributed by atoms with van der Waals surface area (Å²) in [5.74, 6) is 1.16. The summed E-state index contributed by atoms with van der Waals surface area (Å²) in [4.78, 5) is 20.7. The van der Waals surface area contributed by atoms with Crippen LogP contribution < -0.4 is 0 Å². The molecule has 1 aliphatic rings. The maximum Gasteiger partial charge on any atom is 0.355 e. The number of nitrogens with one attached hydrogen (secondary N) is 1. The molecule has 154 valence electrons. The predicted molar refractivity (Wildman–Crippen MR) is 115 cm³/mol. The Balaban J connectivity index is 1.91. The van der Waals surface area contributed by atoms with Gasteiger partial charge in [-0.2, -0.15) is 0 Å². The third-order valence-corrected chi connectivity index (χ3v) is 6.54. The van der Waals surface area contributed by atoms with Crippen LogP contribution in [0.5, 0.6) is 0 Å². The predicted octanol–water partition coefficient (Wildman–Crippen LogP) is 5.87. The van der Waals surface area contributed by atoms with E-state index in [9.17, 15) is 4.79 Å². The van der Waals surface area contributed by atoms with Crippen LogP contribution in [0.25, 0.3) is 11.0 Å². The molecular formula is C24H36N2O2. The Morgan fingerprint density at radius 2 is 2.11 bits per heavy atom. The number of aryl methyl sites for hydroxylation is 2. The zero-order valence-corrected chi connectivity index (χ0v) is 18.4. The van der Waals surface area contributed by atoms with Crippen LogP contribution in [0.4, 0.5) is 0 Å². The highest BCUT2D eigenvalue weighted by molar-refractivity contribution is 5.97. The van der Waals surface area contributed by atoms with Crippen molar-refractivity contribution in [1.29, 1.82) is 0 Å². The Morgan fingerprint density at radius 3 is 2.75 bits per heavy atom. The number of carbonyl (C=O) groups excluding carboxylic acids is 1. The lowest BCUT2D eigenvalue weighted by atomic mass is 9.67. The van der Waals surface area contributed by atoms with E-state index < -0.39 is 0 Å². The molecule has 1 unspecified atom stereocenters. The number of fused-ring (bicyclic) bond motifs is 2. The maximum absolute atomic E-state index is 12.3. The fourth-order valence-corrected chi connectivity index (χ4v) is 4.57. The lowest BCUT2D eigenvalue weighted by molar-refractivity contribution is 0.0519. The summed E-state index contributed by atoms with van der Waals surface area (Å²) in [5, 5.41) is 0. The van der Waals surface area contributed by atoms with Crippen LogP contribution in [0.2, 0.25) is 0 Å². The van der Waals surface area contributed by atoms with Crippen LogP contribution >= 0.6 is 0 Å². The van der Waals surface area contributed by atoms with Crippen LogP contribution in [0.3, 0.4) is 0 Å². The second-order valence-electron chi connectivity index (χ2n) is 9.40. The van der Waals surface area contributed by atoms with Crippen molar-refractivity contribution in [3.8, 4) is 0 Å². The molecule has 2 aromatic heterocycles. The fraction of sp³-hybridized carbons (Fsp3) is 0.667. The van der Waals surface area contributed by atoms with Gasteiger partial charge in [0.2, 0.25) is 0 Å². The highest BCUT2D eigenvalue weighted by Gasteiger charge is 2.33. The summed E-state index contributed by atoms with van der Waals surface area (Å²) in [6, 6.07) is 2.24. The van der Waals surface area contributed by atoms with E-state index in [0.29, 0.717) is 23.6 Å². The van der Waals surface area contributed by atoms with Gasteiger partial charge in [0.25, 0.3) is 0 Å². The first-order valence-electron chi connectivity index (χ1n) is 11.0. The molecule has 0 aliphatic heterocycles. The first-order valence-corrected chi connectivity index (χ1v) is 11.0. The highest BCUT2D eigenvalue weighted by Crippen LogP contribution is 2.41. The number of H-pyrrole nitrogens is 1. The zero-order chi connectivity index (χ0) is 20.5. The topological polar surface area (TPSA) is 55.0 Å². The van der Waals surface area contributed by atoms with E-state index in [1.165, 1.54) is 30.5 Å². The molecule has 0 aromatic carbocycles. The van der Waals surface area contributed by atoms with Crippen molar-refractivity contribution < 1.29 is 9.53 Å². The molecule has 0 spiro atoms. The Bertz CT molecular complexity index is 848. The second-order valence-corrected chi connectivity index (χ2v) is 9.40. The van der Waals surface area contributed by atoms with Crippen molar-refractivity contribution in [1.82, 2.24) is 9.97 Å². The number of pyridine rings is 1. The highest BCUT2D eigenvalue weighted by atomic mass is 16.5. The van der Waals surface area contributed by atoms with Gasteiger partial charge < -0.3 is 9.72 Å². The van der Waals surface area contributed by atoms with E-state index >= 15 is 0 Å². The van der Waals surface area contributed by atoms with Crippen LogP contribution in [0.15, 0.2) is 6.07 Å². The molecule has 4 heteroatoms. The van der Waals surface area contributed by atoms with Gasteiger partial charge in [-0.1, -0.05) is 41.0 Å². The molecule has 2 aromatic rings. The molecule has 1 N–H and O–H groups in total. The maximum atomic E-state index is 12.3. The number of nitrogens with zero attached hydrogens (tertiary/aromatic N) is 1. The van der Waals surface area contributed by atoms with Gasteiger partial charge in [-0.25, -0.2) is 4.79 Å². The number of ether oxygens (including phenoxy) is 1. The van der Waals surface area contributed by atoms with E-state index in [4.69, 9.17) is 9.72 Å². The van der Waals surface area contributed by atoms with Gasteiger partial charge in [-0.05, 0) is 67.9 Å². The van der Waals surface area contributed by atoms with Gasteiger partial charge in [0.15, 0.2) is 0 Å². The van der Waals surface area contributed by atoms with E-state index in [-0.39, 0.29) is 5.97 Å². The minimum atomic E-state index is -0.275. The van der Waals surface area contributed by atoms with Crippen molar-refractivity contribution in [3.63, 3.8) is 0 Å².